The molecule has 1 heterocycles. The van der Waals surface area contributed by atoms with Crippen molar-refractivity contribution in [3.05, 3.63) is 106 Å². The monoisotopic (exact) mass is 362 g/mol. The Morgan fingerprint density at radius 3 is 2.41 bits per heavy atom. The molecule has 1 N–H and O–H groups in total. The molecule has 1 amide bonds. The van der Waals surface area contributed by atoms with Crippen LogP contribution in [0.15, 0.2) is 77.7 Å². The van der Waals surface area contributed by atoms with Crippen molar-refractivity contribution in [3.63, 3.8) is 0 Å². The highest BCUT2D eigenvalue weighted by Crippen LogP contribution is 2.09. The smallest absolute Gasteiger partial charge is 0.251 e. The van der Waals surface area contributed by atoms with E-state index in [4.69, 9.17) is 4.74 Å². The Kier molecular flexibility index (Phi) is 6.18. The van der Waals surface area contributed by atoms with Crippen LogP contribution in [-0.4, -0.2) is 10.5 Å². The normalized spacial score (nSPS) is 10.6. The molecule has 0 spiro atoms. The fraction of sp³-hybridized carbons (Fsp3) is 0.182. The van der Waals surface area contributed by atoms with Crippen LogP contribution in [-0.2, 0) is 31.5 Å². The summed E-state index contributed by atoms with van der Waals surface area (Å²) in [5, 5.41) is 2.84. The first-order valence-electron chi connectivity index (χ1n) is 8.76. The van der Waals surface area contributed by atoms with Gasteiger partial charge in [0, 0.05) is 31.4 Å². The Morgan fingerprint density at radius 2 is 1.63 bits per heavy atom. The summed E-state index contributed by atoms with van der Waals surface area (Å²) in [6, 6.07) is 20.9. The van der Waals surface area contributed by atoms with Gasteiger partial charge in [-0.25, -0.2) is 0 Å². The van der Waals surface area contributed by atoms with Crippen molar-refractivity contribution in [3.8, 4) is 0 Å². The van der Waals surface area contributed by atoms with Gasteiger partial charge in [-0.05, 0) is 22.8 Å². The molecule has 0 fully saturated rings. The SMILES string of the molecule is Cn1ccc(C(=O)NCc2cccc(COCc3ccccc3)c2)cc1=O. The van der Waals surface area contributed by atoms with Gasteiger partial charge in [-0.15, -0.1) is 0 Å². The van der Waals surface area contributed by atoms with E-state index in [0.29, 0.717) is 25.3 Å². The van der Waals surface area contributed by atoms with Crippen LogP contribution in [0.4, 0.5) is 0 Å². The predicted octanol–water partition coefficient (Wildman–Crippen LogP) is 3.03. The molecular weight excluding hydrogens is 340 g/mol. The van der Waals surface area contributed by atoms with Crippen LogP contribution >= 0.6 is 0 Å². The molecule has 0 saturated carbocycles. The minimum atomic E-state index is -0.265. The maximum absolute atomic E-state index is 12.2. The van der Waals surface area contributed by atoms with Gasteiger partial charge in [-0.3, -0.25) is 9.59 Å². The summed E-state index contributed by atoms with van der Waals surface area (Å²) in [4.78, 5) is 23.8. The lowest BCUT2D eigenvalue weighted by atomic mass is 10.1. The minimum absolute atomic E-state index is 0.208. The standard InChI is InChI=1S/C22H22N2O3/c1-24-11-10-20(13-21(24)25)22(26)23-14-18-8-5-9-19(12-18)16-27-15-17-6-3-2-4-7-17/h2-13H,14-16H2,1H3,(H,23,26). The third kappa shape index (κ3) is 5.39. The second kappa shape index (κ2) is 8.96. The maximum atomic E-state index is 12.2. The van der Waals surface area contributed by atoms with E-state index in [-0.39, 0.29) is 11.5 Å². The number of hydrogen-bond acceptors (Lipinski definition) is 3. The molecule has 3 rings (SSSR count). The van der Waals surface area contributed by atoms with Crippen molar-refractivity contribution in [1.29, 1.82) is 0 Å². The summed E-state index contributed by atoms with van der Waals surface area (Å²) in [5.74, 6) is -0.265. The van der Waals surface area contributed by atoms with Crippen molar-refractivity contribution in [2.24, 2.45) is 7.05 Å². The Balaban J connectivity index is 1.53. The average molecular weight is 362 g/mol. The molecule has 0 unspecified atom stereocenters. The number of aryl methyl sites for hydroxylation is 1. The summed E-state index contributed by atoms with van der Waals surface area (Å²) in [5.41, 5.74) is 3.31. The van der Waals surface area contributed by atoms with Gasteiger partial charge >= 0.3 is 0 Å². The topological polar surface area (TPSA) is 60.3 Å². The van der Waals surface area contributed by atoms with E-state index in [0.717, 1.165) is 16.7 Å². The minimum Gasteiger partial charge on any atom is -0.372 e. The molecule has 0 aliphatic heterocycles. The van der Waals surface area contributed by atoms with E-state index in [1.807, 2.05) is 54.6 Å². The highest BCUT2D eigenvalue weighted by molar-refractivity contribution is 5.93. The summed E-state index contributed by atoms with van der Waals surface area (Å²) in [7, 11) is 1.65. The van der Waals surface area contributed by atoms with E-state index in [2.05, 4.69) is 5.32 Å². The van der Waals surface area contributed by atoms with Gasteiger partial charge < -0.3 is 14.6 Å². The zero-order chi connectivity index (χ0) is 19.1. The number of ether oxygens (including phenoxy) is 1. The fourth-order valence-electron chi connectivity index (χ4n) is 2.66. The first kappa shape index (κ1) is 18.6. The zero-order valence-corrected chi connectivity index (χ0v) is 15.2. The van der Waals surface area contributed by atoms with Crippen molar-refractivity contribution in [1.82, 2.24) is 9.88 Å². The number of hydrogen-bond donors (Lipinski definition) is 1. The Hall–Kier alpha value is -3.18. The van der Waals surface area contributed by atoms with Crippen LogP contribution < -0.4 is 10.9 Å². The zero-order valence-electron chi connectivity index (χ0n) is 15.2. The van der Waals surface area contributed by atoms with Crippen LogP contribution in [0.25, 0.3) is 0 Å². The molecule has 5 heteroatoms. The van der Waals surface area contributed by atoms with Crippen LogP contribution in [0.2, 0.25) is 0 Å². The molecule has 0 aliphatic rings. The number of nitrogens with zero attached hydrogens (tertiary/aromatic N) is 1. The van der Waals surface area contributed by atoms with Gasteiger partial charge in [0.15, 0.2) is 0 Å². The number of pyridine rings is 1. The number of nitrogens with one attached hydrogen (secondary N) is 1. The molecule has 5 nitrogen and oxygen atoms in total. The van der Waals surface area contributed by atoms with Crippen LogP contribution in [0.5, 0.6) is 0 Å². The number of carbonyl (C=O) groups is 1. The molecule has 0 radical (unpaired) electrons. The second-order valence-electron chi connectivity index (χ2n) is 6.35. The number of rotatable bonds is 7. The molecular formula is C22H22N2O3. The van der Waals surface area contributed by atoms with Crippen molar-refractivity contribution in [2.45, 2.75) is 19.8 Å². The fourth-order valence-corrected chi connectivity index (χ4v) is 2.66. The molecule has 3 aromatic rings. The van der Waals surface area contributed by atoms with Gasteiger partial charge in [-0.1, -0.05) is 54.6 Å². The molecule has 0 bridgehead atoms. The van der Waals surface area contributed by atoms with E-state index in [1.54, 1.807) is 19.3 Å². The Labute approximate surface area is 158 Å². The van der Waals surface area contributed by atoms with Gasteiger partial charge in [0.1, 0.15) is 0 Å². The third-order valence-electron chi connectivity index (χ3n) is 4.19. The van der Waals surface area contributed by atoms with Crippen molar-refractivity contribution >= 4 is 5.91 Å². The van der Waals surface area contributed by atoms with Gasteiger partial charge in [0.05, 0.1) is 13.2 Å². The van der Waals surface area contributed by atoms with Crippen LogP contribution in [0.1, 0.15) is 27.0 Å². The van der Waals surface area contributed by atoms with Crippen molar-refractivity contribution in [2.75, 3.05) is 0 Å². The van der Waals surface area contributed by atoms with Gasteiger partial charge in [0.2, 0.25) is 0 Å². The summed E-state index contributed by atoms with van der Waals surface area (Å²) >= 11 is 0. The predicted molar refractivity (Wildman–Crippen MR) is 104 cm³/mol. The second-order valence-corrected chi connectivity index (χ2v) is 6.35. The first-order valence-corrected chi connectivity index (χ1v) is 8.76. The summed E-state index contributed by atoms with van der Waals surface area (Å²) in [6.45, 7) is 1.46. The average Bonchev–Trinajstić information content (AvgIpc) is 2.69. The number of carbonyl (C=O) groups excluding carboxylic acids is 1. The largest absolute Gasteiger partial charge is 0.372 e. The molecule has 0 aliphatic carbocycles. The first-order chi connectivity index (χ1) is 13.1. The van der Waals surface area contributed by atoms with Gasteiger partial charge in [-0.2, -0.15) is 0 Å². The maximum Gasteiger partial charge on any atom is 0.251 e. The lowest BCUT2D eigenvalue weighted by molar-refractivity contribution is 0.0950. The quantitative estimate of drug-likeness (QED) is 0.703. The molecule has 0 atom stereocenters. The van der Waals surface area contributed by atoms with E-state index in [1.165, 1.54) is 10.6 Å². The number of amides is 1. The Bertz CT molecular complexity index is 965. The summed E-state index contributed by atoms with van der Waals surface area (Å²) < 4.78 is 7.18. The van der Waals surface area contributed by atoms with Crippen LogP contribution in [0.3, 0.4) is 0 Å². The number of benzene rings is 2. The molecule has 27 heavy (non-hydrogen) atoms. The third-order valence-corrected chi connectivity index (χ3v) is 4.19. The molecule has 1 aromatic heterocycles. The lowest BCUT2D eigenvalue weighted by Gasteiger charge is -2.09. The highest BCUT2D eigenvalue weighted by atomic mass is 16.5. The molecule has 2 aromatic carbocycles. The molecule has 138 valence electrons. The van der Waals surface area contributed by atoms with E-state index >= 15 is 0 Å². The number of aromatic nitrogens is 1. The highest BCUT2D eigenvalue weighted by Gasteiger charge is 2.07. The Morgan fingerprint density at radius 1 is 0.926 bits per heavy atom. The van der Waals surface area contributed by atoms with E-state index < -0.39 is 0 Å². The van der Waals surface area contributed by atoms with E-state index in [9.17, 15) is 9.59 Å². The molecule has 0 saturated heterocycles. The van der Waals surface area contributed by atoms with Crippen molar-refractivity contribution < 1.29 is 9.53 Å². The summed E-state index contributed by atoms with van der Waals surface area (Å²) in [6.07, 6.45) is 1.59. The lowest BCUT2D eigenvalue weighted by Crippen LogP contribution is -2.25. The van der Waals surface area contributed by atoms with Gasteiger partial charge in [0.25, 0.3) is 11.5 Å². The van der Waals surface area contributed by atoms with Crippen LogP contribution in [0, 0.1) is 0 Å².